The van der Waals surface area contributed by atoms with Gasteiger partial charge in [-0.15, -0.1) is 0 Å². The third kappa shape index (κ3) is 4.90. The molecule has 0 aliphatic carbocycles. The largest absolute Gasteiger partial charge is 0.380 e. The van der Waals surface area contributed by atoms with Crippen molar-refractivity contribution in [1.82, 2.24) is 15.2 Å². The SMILES string of the molecule is COCc1ccc(C(=O)N(Cc2ccccn2)C2CCCNCC2)cc1. The molecule has 1 N–H and O–H groups in total. The Balaban J connectivity index is 1.81. The van der Waals surface area contributed by atoms with Crippen LogP contribution in [0, 0.1) is 0 Å². The lowest BCUT2D eigenvalue weighted by molar-refractivity contribution is 0.0642. The molecule has 3 rings (SSSR count). The topological polar surface area (TPSA) is 54.5 Å². The number of pyridine rings is 1. The van der Waals surface area contributed by atoms with Gasteiger partial charge in [0.25, 0.3) is 5.91 Å². The summed E-state index contributed by atoms with van der Waals surface area (Å²) in [5, 5.41) is 3.43. The van der Waals surface area contributed by atoms with E-state index in [1.165, 1.54) is 0 Å². The van der Waals surface area contributed by atoms with Crippen molar-refractivity contribution in [1.29, 1.82) is 0 Å². The lowest BCUT2D eigenvalue weighted by Gasteiger charge is -2.31. The molecule has 1 saturated heterocycles. The first-order valence-corrected chi connectivity index (χ1v) is 9.27. The van der Waals surface area contributed by atoms with Crippen LogP contribution >= 0.6 is 0 Å². The maximum absolute atomic E-state index is 13.3. The van der Waals surface area contributed by atoms with Gasteiger partial charge in [0.2, 0.25) is 0 Å². The summed E-state index contributed by atoms with van der Waals surface area (Å²) in [5.74, 6) is 0.0755. The van der Waals surface area contributed by atoms with E-state index in [1.807, 2.05) is 47.4 Å². The van der Waals surface area contributed by atoms with Gasteiger partial charge in [-0.1, -0.05) is 18.2 Å². The van der Waals surface area contributed by atoms with Gasteiger partial charge < -0.3 is 15.0 Å². The number of amides is 1. The fourth-order valence-corrected chi connectivity index (χ4v) is 3.42. The maximum atomic E-state index is 13.3. The molecule has 1 aromatic carbocycles. The molecule has 1 fully saturated rings. The van der Waals surface area contributed by atoms with E-state index in [1.54, 1.807) is 13.3 Å². The average molecular weight is 353 g/mol. The number of nitrogens with zero attached hydrogens (tertiary/aromatic N) is 2. The number of hydrogen-bond donors (Lipinski definition) is 1. The minimum atomic E-state index is 0.0755. The molecule has 0 bridgehead atoms. The first kappa shape index (κ1) is 18.5. The number of rotatable bonds is 6. The molecule has 0 saturated carbocycles. The Hall–Kier alpha value is -2.24. The molecular formula is C21H27N3O2. The smallest absolute Gasteiger partial charge is 0.254 e. The van der Waals surface area contributed by atoms with Crippen molar-refractivity contribution >= 4 is 5.91 Å². The highest BCUT2D eigenvalue weighted by Gasteiger charge is 2.26. The highest BCUT2D eigenvalue weighted by atomic mass is 16.5. The van der Waals surface area contributed by atoms with Crippen molar-refractivity contribution in [3.05, 3.63) is 65.5 Å². The van der Waals surface area contributed by atoms with Crippen LogP contribution in [0.25, 0.3) is 0 Å². The Morgan fingerprint density at radius 2 is 2.04 bits per heavy atom. The number of methoxy groups -OCH3 is 1. The molecule has 1 aliphatic rings. The van der Waals surface area contributed by atoms with Crippen molar-refractivity contribution in [2.24, 2.45) is 0 Å². The van der Waals surface area contributed by atoms with Gasteiger partial charge in [-0.25, -0.2) is 0 Å². The predicted octanol–water partition coefficient (Wildman–Crippen LogP) is 3.01. The summed E-state index contributed by atoms with van der Waals surface area (Å²) in [6, 6.07) is 13.8. The molecule has 1 aromatic heterocycles. The second-order valence-electron chi connectivity index (χ2n) is 6.72. The zero-order chi connectivity index (χ0) is 18.2. The molecular weight excluding hydrogens is 326 g/mol. The summed E-state index contributed by atoms with van der Waals surface area (Å²) in [5.41, 5.74) is 2.71. The molecule has 1 aliphatic heterocycles. The monoisotopic (exact) mass is 353 g/mol. The minimum Gasteiger partial charge on any atom is -0.380 e. The van der Waals surface area contributed by atoms with E-state index in [2.05, 4.69) is 10.3 Å². The average Bonchev–Trinajstić information content (AvgIpc) is 2.97. The van der Waals surface area contributed by atoms with Gasteiger partial charge in [0.1, 0.15) is 0 Å². The van der Waals surface area contributed by atoms with Gasteiger partial charge >= 0.3 is 0 Å². The van der Waals surface area contributed by atoms with Gasteiger partial charge in [0, 0.05) is 24.9 Å². The predicted molar refractivity (Wildman–Crippen MR) is 102 cm³/mol. The van der Waals surface area contributed by atoms with Gasteiger partial charge in [-0.3, -0.25) is 9.78 Å². The highest BCUT2D eigenvalue weighted by Crippen LogP contribution is 2.20. The number of nitrogens with one attached hydrogen (secondary N) is 1. The quantitative estimate of drug-likeness (QED) is 0.867. The van der Waals surface area contributed by atoms with Crippen LogP contribution in [0.15, 0.2) is 48.7 Å². The van der Waals surface area contributed by atoms with E-state index in [9.17, 15) is 4.79 Å². The standard InChI is InChI=1S/C21H27N3O2/c1-26-16-17-7-9-18(10-8-17)21(25)24(15-19-5-2-3-13-23-19)20-6-4-12-22-14-11-20/h2-3,5,7-10,13,20,22H,4,6,11-12,14-16H2,1H3. The van der Waals surface area contributed by atoms with Crippen LogP contribution in [0.4, 0.5) is 0 Å². The lowest BCUT2D eigenvalue weighted by Crippen LogP contribution is -2.40. The Morgan fingerprint density at radius 1 is 1.19 bits per heavy atom. The molecule has 2 aromatic rings. The summed E-state index contributed by atoms with van der Waals surface area (Å²) in [4.78, 5) is 19.7. The minimum absolute atomic E-state index is 0.0755. The molecule has 2 heterocycles. The van der Waals surface area contributed by atoms with Crippen LogP contribution in [0.5, 0.6) is 0 Å². The lowest BCUT2D eigenvalue weighted by atomic mass is 10.0. The van der Waals surface area contributed by atoms with Crippen molar-refractivity contribution < 1.29 is 9.53 Å². The normalized spacial score (nSPS) is 17.5. The van der Waals surface area contributed by atoms with Gasteiger partial charge in [-0.05, 0) is 62.2 Å². The molecule has 5 heteroatoms. The third-order valence-electron chi connectivity index (χ3n) is 4.82. The fraction of sp³-hybridized carbons (Fsp3) is 0.429. The van der Waals surface area contributed by atoms with Crippen molar-refractivity contribution in [3.63, 3.8) is 0 Å². The second-order valence-corrected chi connectivity index (χ2v) is 6.72. The van der Waals surface area contributed by atoms with Crippen molar-refractivity contribution in [2.45, 2.75) is 38.5 Å². The Morgan fingerprint density at radius 3 is 2.77 bits per heavy atom. The molecule has 0 spiro atoms. The molecule has 5 nitrogen and oxygen atoms in total. The Kier molecular flexibility index (Phi) is 6.75. The fourth-order valence-electron chi connectivity index (χ4n) is 3.42. The number of carbonyl (C=O) groups is 1. The highest BCUT2D eigenvalue weighted by molar-refractivity contribution is 5.94. The zero-order valence-corrected chi connectivity index (χ0v) is 15.4. The first-order chi connectivity index (χ1) is 12.8. The summed E-state index contributed by atoms with van der Waals surface area (Å²) >= 11 is 0. The molecule has 26 heavy (non-hydrogen) atoms. The van der Waals surface area contributed by atoms with Crippen LogP contribution in [0.2, 0.25) is 0 Å². The van der Waals surface area contributed by atoms with Crippen LogP contribution in [-0.2, 0) is 17.9 Å². The van der Waals surface area contributed by atoms with E-state index in [4.69, 9.17) is 4.74 Å². The molecule has 1 amide bonds. The number of aromatic nitrogens is 1. The van der Waals surface area contributed by atoms with Gasteiger partial charge in [-0.2, -0.15) is 0 Å². The van der Waals surface area contributed by atoms with Crippen LogP contribution < -0.4 is 5.32 Å². The van der Waals surface area contributed by atoms with Gasteiger partial charge in [0.15, 0.2) is 0 Å². The maximum Gasteiger partial charge on any atom is 0.254 e. The van der Waals surface area contributed by atoms with E-state index in [-0.39, 0.29) is 11.9 Å². The number of benzene rings is 1. The summed E-state index contributed by atoms with van der Waals surface area (Å²) in [6.45, 7) is 3.07. The first-order valence-electron chi connectivity index (χ1n) is 9.27. The molecule has 1 atom stereocenters. The van der Waals surface area contributed by atoms with E-state index >= 15 is 0 Å². The van der Waals surface area contributed by atoms with E-state index in [0.717, 1.165) is 49.2 Å². The van der Waals surface area contributed by atoms with Crippen LogP contribution in [0.3, 0.4) is 0 Å². The van der Waals surface area contributed by atoms with Crippen molar-refractivity contribution in [2.75, 3.05) is 20.2 Å². The summed E-state index contributed by atoms with van der Waals surface area (Å²) < 4.78 is 5.15. The molecule has 138 valence electrons. The van der Waals surface area contributed by atoms with Crippen molar-refractivity contribution in [3.8, 4) is 0 Å². The second kappa shape index (κ2) is 9.46. The Bertz CT molecular complexity index is 680. The zero-order valence-electron chi connectivity index (χ0n) is 15.4. The Labute approximate surface area is 155 Å². The van der Waals surface area contributed by atoms with Crippen LogP contribution in [-0.4, -0.2) is 42.0 Å². The number of carbonyl (C=O) groups excluding carboxylic acids is 1. The molecule has 0 radical (unpaired) electrons. The summed E-state index contributed by atoms with van der Waals surface area (Å²) in [6.07, 6.45) is 4.86. The van der Waals surface area contributed by atoms with Crippen LogP contribution in [0.1, 0.15) is 40.9 Å². The number of ether oxygens (including phenoxy) is 1. The third-order valence-corrected chi connectivity index (χ3v) is 4.82. The number of hydrogen-bond acceptors (Lipinski definition) is 4. The summed E-state index contributed by atoms with van der Waals surface area (Å²) in [7, 11) is 1.67. The molecule has 1 unspecified atom stereocenters. The van der Waals surface area contributed by atoms with E-state index in [0.29, 0.717) is 13.2 Å². The van der Waals surface area contributed by atoms with Gasteiger partial charge in [0.05, 0.1) is 18.8 Å². The van der Waals surface area contributed by atoms with E-state index < -0.39 is 0 Å².